The number of halogens is 1. The minimum atomic E-state index is -4.12. The summed E-state index contributed by atoms with van der Waals surface area (Å²) in [4.78, 5) is 14.6. The van der Waals surface area contributed by atoms with Crippen molar-refractivity contribution in [2.24, 2.45) is 0 Å². The van der Waals surface area contributed by atoms with Crippen molar-refractivity contribution < 1.29 is 17.9 Å². The second-order valence-corrected chi connectivity index (χ2v) is 9.64. The summed E-state index contributed by atoms with van der Waals surface area (Å²) in [6, 6.07) is 20.7. The molecule has 0 radical (unpaired) electrons. The van der Waals surface area contributed by atoms with Gasteiger partial charge in [-0.1, -0.05) is 48.0 Å². The Morgan fingerprint density at radius 1 is 1.00 bits per heavy atom. The van der Waals surface area contributed by atoms with Gasteiger partial charge in [-0.2, -0.15) is 0 Å². The number of sulfonamides is 1. The molecular formula is C24H25ClN2O4S. The highest BCUT2D eigenvalue weighted by Gasteiger charge is 2.31. The Balaban J connectivity index is 1.98. The van der Waals surface area contributed by atoms with Crippen molar-refractivity contribution in [2.45, 2.75) is 18.4 Å². The topological polar surface area (TPSA) is 66.9 Å². The van der Waals surface area contributed by atoms with Crippen LogP contribution in [0.3, 0.4) is 0 Å². The van der Waals surface area contributed by atoms with Gasteiger partial charge in [0.1, 0.15) is 17.2 Å². The average molecular weight is 473 g/mol. The van der Waals surface area contributed by atoms with Crippen molar-refractivity contribution in [3.63, 3.8) is 0 Å². The number of hydrogen-bond acceptors (Lipinski definition) is 4. The number of carbonyl (C=O) groups excluding carboxylic acids is 1. The Hall–Kier alpha value is -3.03. The van der Waals surface area contributed by atoms with Crippen molar-refractivity contribution in [2.75, 3.05) is 25.0 Å². The van der Waals surface area contributed by atoms with Crippen molar-refractivity contribution in [3.05, 3.63) is 88.9 Å². The molecule has 168 valence electrons. The first kappa shape index (κ1) is 23.6. The van der Waals surface area contributed by atoms with Crippen LogP contribution in [0.15, 0.2) is 77.7 Å². The molecule has 0 heterocycles. The molecule has 0 atom stereocenters. The highest BCUT2D eigenvalue weighted by atomic mass is 35.5. The van der Waals surface area contributed by atoms with E-state index in [1.807, 2.05) is 30.3 Å². The lowest BCUT2D eigenvalue weighted by atomic mass is 10.2. The molecule has 0 bridgehead atoms. The Morgan fingerprint density at radius 3 is 2.28 bits per heavy atom. The number of carbonyl (C=O) groups is 1. The number of rotatable bonds is 8. The van der Waals surface area contributed by atoms with Gasteiger partial charge in [0.25, 0.3) is 10.0 Å². The van der Waals surface area contributed by atoms with Crippen LogP contribution >= 0.6 is 11.6 Å². The highest BCUT2D eigenvalue weighted by Crippen LogP contribution is 2.31. The summed E-state index contributed by atoms with van der Waals surface area (Å²) in [6.45, 7) is 1.79. The molecule has 3 aromatic rings. The fraction of sp³-hybridized carbons (Fsp3) is 0.208. The number of ether oxygens (including phenoxy) is 1. The minimum absolute atomic E-state index is 0.00605. The van der Waals surface area contributed by atoms with Crippen molar-refractivity contribution in [3.8, 4) is 5.75 Å². The van der Waals surface area contributed by atoms with Crippen molar-refractivity contribution in [1.29, 1.82) is 0 Å². The molecule has 3 aromatic carbocycles. The van der Waals surface area contributed by atoms with Crippen molar-refractivity contribution in [1.82, 2.24) is 4.90 Å². The van der Waals surface area contributed by atoms with Gasteiger partial charge >= 0.3 is 0 Å². The van der Waals surface area contributed by atoms with E-state index in [0.29, 0.717) is 17.3 Å². The molecule has 0 aliphatic heterocycles. The summed E-state index contributed by atoms with van der Waals surface area (Å²) in [5.74, 6) is -0.140. The van der Waals surface area contributed by atoms with Gasteiger partial charge in [0, 0.05) is 18.6 Å². The monoisotopic (exact) mass is 472 g/mol. The summed E-state index contributed by atoms with van der Waals surface area (Å²) >= 11 is 6.00. The van der Waals surface area contributed by atoms with Gasteiger partial charge < -0.3 is 9.64 Å². The summed E-state index contributed by atoms with van der Waals surface area (Å²) in [7, 11) is -1.06. The predicted molar refractivity (Wildman–Crippen MR) is 127 cm³/mol. The molecule has 0 aliphatic carbocycles. The first-order valence-electron chi connectivity index (χ1n) is 9.93. The van der Waals surface area contributed by atoms with E-state index in [2.05, 4.69) is 0 Å². The molecule has 32 heavy (non-hydrogen) atoms. The molecular weight excluding hydrogens is 448 g/mol. The number of anilines is 1. The van der Waals surface area contributed by atoms with Crippen LogP contribution in [0.2, 0.25) is 5.02 Å². The van der Waals surface area contributed by atoms with E-state index in [4.69, 9.17) is 16.3 Å². The molecule has 0 aliphatic rings. The number of amides is 1. The third-order valence-electron chi connectivity index (χ3n) is 4.97. The van der Waals surface area contributed by atoms with E-state index in [0.717, 1.165) is 15.4 Å². The lowest BCUT2D eigenvalue weighted by molar-refractivity contribution is -0.128. The highest BCUT2D eigenvalue weighted by molar-refractivity contribution is 7.93. The molecule has 1 amide bonds. The summed E-state index contributed by atoms with van der Waals surface area (Å²) in [6.07, 6.45) is 0. The average Bonchev–Trinajstić information content (AvgIpc) is 2.78. The largest absolute Gasteiger partial charge is 0.495 e. The maximum absolute atomic E-state index is 13.7. The zero-order valence-corrected chi connectivity index (χ0v) is 19.7. The van der Waals surface area contributed by atoms with Crippen LogP contribution < -0.4 is 9.04 Å². The fourth-order valence-corrected chi connectivity index (χ4v) is 5.00. The van der Waals surface area contributed by atoms with Crippen LogP contribution in [0.1, 0.15) is 11.1 Å². The van der Waals surface area contributed by atoms with E-state index in [9.17, 15) is 13.2 Å². The van der Waals surface area contributed by atoms with Gasteiger partial charge in [-0.25, -0.2) is 8.42 Å². The molecule has 0 spiro atoms. The van der Waals surface area contributed by atoms with Crippen LogP contribution in [0.25, 0.3) is 0 Å². The summed E-state index contributed by atoms with van der Waals surface area (Å²) in [5, 5.41) is 0.465. The molecule has 8 heteroatoms. The van der Waals surface area contributed by atoms with Gasteiger partial charge in [0.15, 0.2) is 0 Å². The molecule has 0 aromatic heterocycles. The Bertz CT molecular complexity index is 1180. The number of aryl methyl sites for hydroxylation is 1. The molecule has 0 unspecified atom stereocenters. The minimum Gasteiger partial charge on any atom is -0.495 e. The lowest BCUT2D eigenvalue weighted by Crippen LogP contribution is -2.41. The summed E-state index contributed by atoms with van der Waals surface area (Å²) < 4.78 is 33.8. The first-order valence-corrected chi connectivity index (χ1v) is 11.7. The number of likely N-dealkylation sites (N-methyl/N-ethyl adjacent to an activating group) is 1. The number of benzene rings is 3. The first-order chi connectivity index (χ1) is 15.2. The Morgan fingerprint density at radius 2 is 1.66 bits per heavy atom. The number of methoxy groups -OCH3 is 1. The molecule has 0 fully saturated rings. The Labute approximate surface area is 194 Å². The Kier molecular flexibility index (Phi) is 7.43. The van der Waals surface area contributed by atoms with Crippen LogP contribution in [0.4, 0.5) is 5.69 Å². The summed E-state index contributed by atoms with van der Waals surface area (Å²) in [5.41, 5.74) is 2.04. The smallest absolute Gasteiger partial charge is 0.268 e. The van der Waals surface area contributed by atoms with Crippen LogP contribution in [0, 0.1) is 6.92 Å². The van der Waals surface area contributed by atoms with Gasteiger partial charge in [-0.15, -0.1) is 0 Å². The van der Waals surface area contributed by atoms with E-state index < -0.39 is 10.0 Å². The third kappa shape index (κ3) is 5.41. The van der Waals surface area contributed by atoms with Gasteiger partial charge in [-0.05, 0) is 54.4 Å². The second-order valence-electron chi connectivity index (χ2n) is 7.38. The van der Waals surface area contributed by atoms with Gasteiger partial charge in [-0.3, -0.25) is 9.10 Å². The molecule has 0 saturated carbocycles. The predicted octanol–water partition coefficient (Wildman–Crippen LogP) is 4.51. The lowest BCUT2D eigenvalue weighted by Gasteiger charge is -2.27. The number of hydrogen-bond donors (Lipinski definition) is 0. The van der Waals surface area contributed by atoms with E-state index >= 15 is 0 Å². The van der Waals surface area contributed by atoms with Gasteiger partial charge in [0.2, 0.25) is 5.91 Å². The van der Waals surface area contributed by atoms with Crippen LogP contribution in [0.5, 0.6) is 5.75 Å². The maximum atomic E-state index is 13.7. The van der Waals surface area contributed by atoms with Gasteiger partial charge in [0.05, 0.1) is 12.8 Å². The normalized spacial score (nSPS) is 11.1. The standard InChI is InChI=1S/C24H25ClN2O4S/c1-18-9-14-22(31-3)23(15-18)32(29,30)27(21-12-10-20(25)11-13-21)17-24(28)26(2)16-19-7-5-4-6-8-19/h4-15H,16-17H2,1-3H3. The zero-order chi connectivity index (χ0) is 23.3. The zero-order valence-electron chi connectivity index (χ0n) is 18.2. The SMILES string of the molecule is COc1ccc(C)cc1S(=O)(=O)N(CC(=O)N(C)Cc1ccccc1)c1ccc(Cl)cc1. The van der Waals surface area contributed by atoms with E-state index in [1.165, 1.54) is 18.1 Å². The fourth-order valence-electron chi connectivity index (χ4n) is 3.22. The molecule has 3 rings (SSSR count). The van der Waals surface area contributed by atoms with E-state index in [1.54, 1.807) is 50.4 Å². The second kappa shape index (κ2) is 10.1. The quantitative estimate of drug-likeness (QED) is 0.483. The van der Waals surface area contributed by atoms with E-state index in [-0.39, 0.29) is 23.1 Å². The van der Waals surface area contributed by atoms with Crippen molar-refractivity contribution >= 4 is 33.2 Å². The third-order valence-corrected chi connectivity index (χ3v) is 7.02. The maximum Gasteiger partial charge on any atom is 0.268 e. The number of nitrogens with zero attached hydrogens (tertiary/aromatic N) is 2. The van der Waals surface area contributed by atoms with Crippen LogP contribution in [-0.2, 0) is 21.4 Å². The van der Waals surface area contributed by atoms with Crippen LogP contribution in [-0.4, -0.2) is 39.9 Å². The molecule has 0 saturated heterocycles. The molecule has 0 N–H and O–H groups in total. The molecule has 6 nitrogen and oxygen atoms in total.